The average Bonchev–Trinajstić information content (AvgIpc) is 2.69. The Bertz CT molecular complexity index is 810. The number of hydrogen-bond donors (Lipinski definition) is 2. The normalized spacial score (nSPS) is 14.5. The number of nitrogens with zero attached hydrogens (tertiary/aromatic N) is 1. The van der Waals surface area contributed by atoms with Crippen molar-refractivity contribution in [3.05, 3.63) is 65.7 Å². The minimum absolute atomic E-state index is 0.0746. The zero-order valence-corrected chi connectivity index (χ0v) is 15.3. The molecule has 0 radical (unpaired) electrons. The molecule has 0 spiro atoms. The van der Waals surface area contributed by atoms with Crippen LogP contribution >= 0.6 is 0 Å². The van der Waals surface area contributed by atoms with Gasteiger partial charge in [0.25, 0.3) is 11.8 Å². The summed E-state index contributed by atoms with van der Waals surface area (Å²) in [6.45, 7) is 2.91. The summed E-state index contributed by atoms with van der Waals surface area (Å²) in [7, 11) is 0. The molecule has 27 heavy (non-hydrogen) atoms. The van der Waals surface area contributed by atoms with E-state index in [2.05, 4.69) is 10.6 Å². The molecule has 2 aromatic rings. The molecule has 1 aliphatic heterocycles. The Labute approximate surface area is 158 Å². The molecule has 1 saturated heterocycles. The molecule has 0 bridgehead atoms. The summed E-state index contributed by atoms with van der Waals surface area (Å²) in [6, 6.07) is 15.9. The van der Waals surface area contributed by atoms with E-state index in [0.29, 0.717) is 29.9 Å². The van der Waals surface area contributed by atoms with Gasteiger partial charge in [0.2, 0.25) is 5.91 Å². The van der Waals surface area contributed by atoms with Crippen molar-refractivity contribution in [3.63, 3.8) is 0 Å². The van der Waals surface area contributed by atoms with Gasteiger partial charge in [-0.1, -0.05) is 18.2 Å². The summed E-state index contributed by atoms with van der Waals surface area (Å²) in [5.41, 5.74) is 1.76. The van der Waals surface area contributed by atoms with Gasteiger partial charge >= 0.3 is 0 Å². The van der Waals surface area contributed by atoms with Crippen LogP contribution in [-0.4, -0.2) is 41.8 Å². The highest BCUT2D eigenvalue weighted by molar-refractivity contribution is 6.04. The topological polar surface area (TPSA) is 78.5 Å². The van der Waals surface area contributed by atoms with Gasteiger partial charge in [0, 0.05) is 42.9 Å². The van der Waals surface area contributed by atoms with E-state index in [1.165, 1.54) is 0 Å². The molecule has 0 atom stereocenters. The minimum Gasteiger partial charge on any atom is -0.349 e. The lowest BCUT2D eigenvalue weighted by Crippen LogP contribution is -2.45. The summed E-state index contributed by atoms with van der Waals surface area (Å²) < 4.78 is 0. The molecular weight excluding hydrogens is 342 g/mol. The second kappa shape index (κ2) is 8.49. The van der Waals surface area contributed by atoms with Gasteiger partial charge in [0.05, 0.1) is 0 Å². The largest absolute Gasteiger partial charge is 0.349 e. The third kappa shape index (κ3) is 4.94. The molecule has 140 valence electrons. The zero-order chi connectivity index (χ0) is 19.2. The van der Waals surface area contributed by atoms with Gasteiger partial charge in [-0.05, 0) is 49.2 Å². The molecule has 0 unspecified atom stereocenters. The van der Waals surface area contributed by atoms with Crippen LogP contribution in [-0.2, 0) is 4.79 Å². The van der Waals surface area contributed by atoms with Crippen molar-refractivity contribution in [1.29, 1.82) is 0 Å². The van der Waals surface area contributed by atoms with Gasteiger partial charge in [0.1, 0.15) is 0 Å². The maximum Gasteiger partial charge on any atom is 0.255 e. The Morgan fingerprint density at radius 2 is 1.44 bits per heavy atom. The third-order valence-corrected chi connectivity index (χ3v) is 4.72. The molecule has 0 aliphatic carbocycles. The first-order chi connectivity index (χ1) is 13.0. The first kappa shape index (κ1) is 18.6. The number of piperidine rings is 1. The van der Waals surface area contributed by atoms with Crippen molar-refractivity contribution >= 4 is 23.4 Å². The fourth-order valence-corrected chi connectivity index (χ4v) is 3.11. The average molecular weight is 365 g/mol. The van der Waals surface area contributed by atoms with Crippen molar-refractivity contribution in [2.75, 3.05) is 18.4 Å². The third-order valence-electron chi connectivity index (χ3n) is 4.72. The number of hydrogen-bond acceptors (Lipinski definition) is 3. The van der Waals surface area contributed by atoms with Gasteiger partial charge in [0.15, 0.2) is 0 Å². The van der Waals surface area contributed by atoms with Crippen molar-refractivity contribution in [3.8, 4) is 0 Å². The number of carbonyl (C=O) groups excluding carboxylic acids is 3. The first-order valence-corrected chi connectivity index (χ1v) is 9.06. The van der Waals surface area contributed by atoms with Crippen molar-refractivity contribution in [1.82, 2.24) is 10.2 Å². The van der Waals surface area contributed by atoms with Crippen LogP contribution in [0.5, 0.6) is 0 Å². The predicted molar refractivity (Wildman–Crippen MR) is 104 cm³/mol. The molecule has 1 fully saturated rings. The lowest BCUT2D eigenvalue weighted by Gasteiger charge is -2.31. The van der Waals surface area contributed by atoms with Crippen molar-refractivity contribution < 1.29 is 14.4 Å². The number of nitrogens with one attached hydrogen (secondary N) is 2. The quantitative estimate of drug-likeness (QED) is 0.874. The van der Waals surface area contributed by atoms with Gasteiger partial charge in [-0.3, -0.25) is 14.4 Å². The number of carbonyl (C=O) groups is 3. The standard InChI is InChI=1S/C21H23N3O3/c1-15(25)24-13-11-19(12-14-24)23-21(27)17-7-9-18(10-8-17)22-20(26)16-5-3-2-4-6-16/h2-10,19H,11-14H2,1H3,(H,22,26)(H,23,27). The fourth-order valence-electron chi connectivity index (χ4n) is 3.11. The van der Waals surface area contributed by atoms with Crippen LogP contribution in [0.2, 0.25) is 0 Å². The number of rotatable bonds is 4. The molecule has 2 aromatic carbocycles. The van der Waals surface area contributed by atoms with Crippen molar-refractivity contribution in [2.45, 2.75) is 25.8 Å². The van der Waals surface area contributed by atoms with E-state index in [1.807, 2.05) is 18.2 Å². The molecule has 6 heteroatoms. The molecule has 0 aromatic heterocycles. The lowest BCUT2D eigenvalue weighted by atomic mass is 10.0. The maximum atomic E-state index is 12.4. The second-order valence-electron chi connectivity index (χ2n) is 6.65. The smallest absolute Gasteiger partial charge is 0.255 e. The first-order valence-electron chi connectivity index (χ1n) is 9.06. The summed E-state index contributed by atoms with van der Waals surface area (Å²) in [6.07, 6.45) is 1.52. The Balaban J connectivity index is 1.53. The molecule has 3 rings (SSSR count). The van der Waals surface area contributed by atoms with Gasteiger partial charge in [-0.25, -0.2) is 0 Å². The highest BCUT2D eigenvalue weighted by atomic mass is 16.2. The molecule has 1 aliphatic rings. The van der Waals surface area contributed by atoms with E-state index >= 15 is 0 Å². The van der Waals surface area contributed by atoms with E-state index < -0.39 is 0 Å². The van der Waals surface area contributed by atoms with Crippen LogP contribution in [0.25, 0.3) is 0 Å². The summed E-state index contributed by atoms with van der Waals surface area (Å²) >= 11 is 0. The number of amides is 3. The van der Waals surface area contributed by atoms with Crippen LogP contribution in [0.15, 0.2) is 54.6 Å². The zero-order valence-electron chi connectivity index (χ0n) is 15.3. The van der Waals surface area contributed by atoms with Gasteiger partial charge in [-0.15, -0.1) is 0 Å². The van der Waals surface area contributed by atoms with E-state index in [-0.39, 0.29) is 23.8 Å². The molecule has 2 N–H and O–H groups in total. The summed E-state index contributed by atoms with van der Waals surface area (Å²) in [5, 5.41) is 5.83. The van der Waals surface area contributed by atoms with E-state index in [0.717, 1.165) is 12.8 Å². The fraction of sp³-hybridized carbons (Fsp3) is 0.286. The van der Waals surface area contributed by atoms with Gasteiger partial charge in [-0.2, -0.15) is 0 Å². The number of anilines is 1. The lowest BCUT2D eigenvalue weighted by molar-refractivity contribution is -0.129. The van der Waals surface area contributed by atoms with Crippen molar-refractivity contribution in [2.24, 2.45) is 0 Å². The monoisotopic (exact) mass is 365 g/mol. The number of benzene rings is 2. The van der Waals surface area contributed by atoms with E-state index in [4.69, 9.17) is 0 Å². The Kier molecular flexibility index (Phi) is 5.86. The molecule has 0 saturated carbocycles. The summed E-state index contributed by atoms with van der Waals surface area (Å²) in [5.74, 6) is -0.254. The second-order valence-corrected chi connectivity index (χ2v) is 6.65. The van der Waals surface area contributed by atoms with Crippen LogP contribution in [0.1, 0.15) is 40.5 Å². The Morgan fingerprint density at radius 1 is 0.852 bits per heavy atom. The highest BCUT2D eigenvalue weighted by Gasteiger charge is 2.22. The Morgan fingerprint density at radius 3 is 2.04 bits per heavy atom. The van der Waals surface area contributed by atoms with Crippen LogP contribution in [0, 0.1) is 0 Å². The minimum atomic E-state index is -0.190. The van der Waals surface area contributed by atoms with Crippen LogP contribution in [0.4, 0.5) is 5.69 Å². The maximum absolute atomic E-state index is 12.4. The summed E-state index contributed by atoms with van der Waals surface area (Å²) in [4.78, 5) is 37.7. The molecular formula is C21H23N3O3. The van der Waals surface area contributed by atoms with Gasteiger partial charge < -0.3 is 15.5 Å². The molecule has 1 heterocycles. The highest BCUT2D eigenvalue weighted by Crippen LogP contribution is 2.14. The van der Waals surface area contributed by atoms with E-state index in [9.17, 15) is 14.4 Å². The molecule has 3 amide bonds. The van der Waals surface area contributed by atoms with Crippen LogP contribution < -0.4 is 10.6 Å². The Hall–Kier alpha value is -3.15. The SMILES string of the molecule is CC(=O)N1CCC(NC(=O)c2ccc(NC(=O)c3ccccc3)cc2)CC1. The number of likely N-dealkylation sites (tertiary alicyclic amines) is 1. The van der Waals surface area contributed by atoms with E-state index in [1.54, 1.807) is 48.2 Å². The van der Waals surface area contributed by atoms with Crippen LogP contribution in [0.3, 0.4) is 0 Å². The predicted octanol–water partition coefficient (Wildman–Crippen LogP) is 2.68. The molecule has 6 nitrogen and oxygen atoms in total.